The number of nitrogens with one attached hydrogen (secondary N) is 1. The molecule has 1 aromatic carbocycles. The lowest BCUT2D eigenvalue weighted by molar-refractivity contribution is 0.456. The van der Waals surface area contributed by atoms with Crippen LogP contribution in [0, 0.1) is 0 Å². The largest absolute Gasteiger partial charge is 0.370 e. The Morgan fingerprint density at radius 2 is 2.05 bits per heavy atom. The highest BCUT2D eigenvalue weighted by molar-refractivity contribution is 14.0. The monoisotopic (exact) mass is 416 g/mol. The van der Waals surface area contributed by atoms with E-state index in [9.17, 15) is 0 Å². The van der Waals surface area contributed by atoms with Gasteiger partial charge in [0.05, 0.1) is 0 Å². The molecule has 1 aliphatic heterocycles. The first-order valence-electron chi connectivity index (χ1n) is 7.02. The molecule has 114 valence electrons. The van der Waals surface area contributed by atoms with Gasteiger partial charge in [-0.25, -0.2) is 0 Å². The van der Waals surface area contributed by atoms with Gasteiger partial charge in [-0.1, -0.05) is 18.2 Å². The van der Waals surface area contributed by atoms with Crippen LogP contribution in [0.15, 0.2) is 35.3 Å². The van der Waals surface area contributed by atoms with Crippen molar-refractivity contribution in [3.8, 4) is 0 Å². The second-order valence-corrected chi connectivity index (χ2v) is 6.20. The van der Waals surface area contributed by atoms with Gasteiger partial charge in [-0.3, -0.25) is 4.99 Å². The van der Waals surface area contributed by atoms with Crippen molar-refractivity contribution in [3.63, 3.8) is 0 Å². The van der Waals surface area contributed by atoms with Crippen molar-refractivity contribution >= 4 is 52.6 Å². The summed E-state index contributed by atoms with van der Waals surface area (Å²) in [7, 11) is 0. The number of para-hydroxylation sites is 1. The van der Waals surface area contributed by atoms with Gasteiger partial charge in [-0.15, -0.1) is 24.0 Å². The molecule has 0 unspecified atom stereocenters. The number of thioether (sulfide) groups is 1. The molecule has 0 bridgehead atoms. The average Bonchev–Trinajstić information content (AvgIpc) is 2.90. The van der Waals surface area contributed by atoms with E-state index in [4.69, 9.17) is 5.73 Å². The third-order valence-electron chi connectivity index (χ3n) is 3.58. The second-order valence-electron chi connectivity index (χ2n) is 4.97. The Kier molecular flexibility index (Phi) is 6.22. The van der Waals surface area contributed by atoms with Crippen LogP contribution in [-0.2, 0) is 6.42 Å². The third kappa shape index (κ3) is 4.29. The van der Waals surface area contributed by atoms with E-state index in [-0.39, 0.29) is 24.0 Å². The third-order valence-corrected chi connectivity index (χ3v) is 4.52. The number of nitrogens with two attached hydrogens (primary N) is 1. The maximum atomic E-state index is 6.04. The lowest BCUT2D eigenvalue weighted by atomic mass is 10.2. The molecule has 1 aliphatic rings. The van der Waals surface area contributed by atoms with Gasteiger partial charge in [-0.05, 0) is 17.5 Å². The van der Waals surface area contributed by atoms with Crippen LogP contribution in [0.1, 0.15) is 5.69 Å². The van der Waals surface area contributed by atoms with Gasteiger partial charge in [0.25, 0.3) is 0 Å². The highest BCUT2D eigenvalue weighted by Gasteiger charge is 2.11. The van der Waals surface area contributed by atoms with Crippen molar-refractivity contribution in [3.05, 3.63) is 36.0 Å². The van der Waals surface area contributed by atoms with Gasteiger partial charge in [0, 0.05) is 48.8 Å². The number of halogens is 1. The van der Waals surface area contributed by atoms with Crippen LogP contribution >= 0.6 is 35.7 Å². The Bertz CT molecular complexity index is 571. The number of aliphatic imine (C=N–C) groups is 1. The molecule has 1 aromatic heterocycles. The van der Waals surface area contributed by atoms with Crippen molar-refractivity contribution < 1.29 is 0 Å². The normalized spacial score (nSPS) is 16.0. The molecular weight excluding hydrogens is 395 g/mol. The van der Waals surface area contributed by atoms with Crippen LogP contribution in [0.5, 0.6) is 0 Å². The number of nitrogens with zero attached hydrogens (tertiary/aromatic N) is 2. The van der Waals surface area contributed by atoms with Crippen LogP contribution in [-0.4, -0.2) is 47.0 Å². The summed E-state index contributed by atoms with van der Waals surface area (Å²) in [5.74, 6) is 3.00. The first-order chi connectivity index (χ1) is 9.83. The topological polar surface area (TPSA) is 57.4 Å². The first-order valence-corrected chi connectivity index (χ1v) is 8.17. The summed E-state index contributed by atoms with van der Waals surface area (Å²) in [5.41, 5.74) is 8.45. The number of aromatic nitrogens is 1. The predicted molar refractivity (Wildman–Crippen MR) is 103 cm³/mol. The lowest BCUT2D eigenvalue weighted by Crippen LogP contribution is -2.42. The molecule has 3 rings (SSSR count). The number of H-pyrrole nitrogens is 1. The molecule has 0 radical (unpaired) electrons. The van der Waals surface area contributed by atoms with E-state index in [1.807, 2.05) is 17.8 Å². The van der Waals surface area contributed by atoms with Gasteiger partial charge in [-0.2, -0.15) is 11.8 Å². The standard InChI is InChI=1S/C15H20N4S.HI/c16-15(19-7-9-20-10-8-19)17-6-5-13-11-12-3-1-2-4-14(12)18-13;/h1-4,11,18H,5-10H2,(H2,16,17);1H. The quantitative estimate of drug-likeness (QED) is 0.460. The van der Waals surface area contributed by atoms with E-state index >= 15 is 0 Å². The predicted octanol–water partition coefficient (Wildman–Crippen LogP) is 2.69. The fourth-order valence-corrected chi connectivity index (χ4v) is 3.35. The van der Waals surface area contributed by atoms with E-state index < -0.39 is 0 Å². The summed E-state index contributed by atoms with van der Waals surface area (Å²) in [5, 5.41) is 1.26. The van der Waals surface area contributed by atoms with Crippen molar-refractivity contribution in [1.29, 1.82) is 0 Å². The van der Waals surface area contributed by atoms with Crippen molar-refractivity contribution in [1.82, 2.24) is 9.88 Å². The molecule has 21 heavy (non-hydrogen) atoms. The van der Waals surface area contributed by atoms with Crippen molar-refractivity contribution in [2.75, 3.05) is 31.1 Å². The minimum absolute atomic E-state index is 0. The molecule has 0 spiro atoms. The molecule has 0 aliphatic carbocycles. The molecule has 2 heterocycles. The van der Waals surface area contributed by atoms with E-state index in [1.165, 1.54) is 16.6 Å². The molecule has 1 saturated heterocycles. The number of benzene rings is 1. The zero-order valence-corrected chi connectivity index (χ0v) is 15.1. The highest BCUT2D eigenvalue weighted by Crippen LogP contribution is 2.15. The summed E-state index contributed by atoms with van der Waals surface area (Å²) >= 11 is 1.98. The van der Waals surface area contributed by atoms with E-state index in [0.29, 0.717) is 5.96 Å². The number of rotatable bonds is 3. The molecule has 0 atom stereocenters. The Labute approximate surface area is 146 Å². The summed E-state index contributed by atoms with van der Waals surface area (Å²) < 4.78 is 0. The summed E-state index contributed by atoms with van der Waals surface area (Å²) in [6.07, 6.45) is 0.901. The smallest absolute Gasteiger partial charge is 0.191 e. The lowest BCUT2D eigenvalue weighted by Gasteiger charge is -2.27. The molecule has 0 saturated carbocycles. The fourth-order valence-electron chi connectivity index (χ4n) is 2.45. The zero-order valence-electron chi connectivity index (χ0n) is 11.9. The van der Waals surface area contributed by atoms with Crippen LogP contribution in [0.4, 0.5) is 0 Å². The number of aromatic amines is 1. The maximum absolute atomic E-state index is 6.04. The highest BCUT2D eigenvalue weighted by atomic mass is 127. The fraction of sp³-hybridized carbons (Fsp3) is 0.400. The number of hydrogen-bond donors (Lipinski definition) is 2. The molecule has 4 nitrogen and oxygen atoms in total. The Morgan fingerprint density at radius 1 is 1.29 bits per heavy atom. The maximum Gasteiger partial charge on any atom is 0.191 e. The molecule has 3 N–H and O–H groups in total. The van der Waals surface area contributed by atoms with Crippen molar-refractivity contribution in [2.45, 2.75) is 6.42 Å². The number of fused-ring (bicyclic) bond motifs is 1. The van der Waals surface area contributed by atoms with Gasteiger partial charge in [0.15, 0.2) is 5.96 Å². The van der Waals surface area contributed by atoms with Crippen molar-refractivity contribution in [2.24, 2.45) is 10.7 Å². The average molecular weight is 416 g/mol. The van der Waals surface area contributed by atoms with E-state index in [1.54, 1.807) is 0 Å². The van der Waals surface area contributed by atoms with E-state index in [0.717, 1.165) is 37.6 Å². The summed E-state index contributed by atoms with van der Waals surface area (Å²) in [4.78, 5) is 10.1. The second kappa shape index (κ2) is 7.93. The molecular formula is C15H21IN4S. The number of guanidine groups is 1. The molecule has 6 heteroatoms. The van der Waals surface area contributed by atoms with E-state index in [2.05, 4.69) is 39.1 Å². The minimum Gasteiger partial charge on any atom is -0.370 e. The van der Waals surface area contributed by atoms with Crippen LogP contribution < -0.4 is 5.73 Å². The zero-order chi connectivity index (χ0) is 13.8. The SMILES string of the molecule is I.NC(=NCCc1cc2ccccc2[nH]1)N1CCSCC1. The van der Waals surface area contributed by atoms with Crippen LogP contribution in [0.25, 0.3) is 10.9 Å². The number of hydrogen-bond acceptors (Lipinski definition) is 2. The van der Waals surface area contributed by atoms with Crippen LogP contribution in [0.3, 0.4) is 0 Å². The van der Waals surface area contributed by atoms with Gasteiger partial charge in [0.2, 0.25) is 0 Å². The van der Waals surface area contributed by atoms with Gasteiger partial charge in [0.1, 0.15) is 0 Å². The first kappa shape index (κ1) is 16.5. The minimum atomic E-state index is 0. The Hall–Kier alpha value is -0.890. The Balaban J connectivity index is 0.00000161. The Morgan fingerprint density at radius 3 is 2.81 bits per heavy atom. The molecule has 0 amide bonds. The molecule has 2 aromatic rings. The van der Waals surface area contributed by atoms with Crippen LogP contribution in [0.2, 0.25) is 0 Å². The van der Waals surface area contributed by atoms with Gasteiger partial charge >= 0.3 is 0 Å². The van der Waals surface area contributed by atoms with Gasteiger partial charge < -0.3 is 15.6 Å². The summed E-state index contributed by atoms with van der Waals surface area (Å²) in [6.45, 7) is 2.78. The summed E-state index contributed by atoms with van der Waals surface area (Å²) in [6, 6.07) is 10.5. The molecule has 1 fully saturated rings.